The van der Waals surface area contributed by atoms with Crippen LogP contribution in [0.15, 0.2) is 78.9 Å². The maximum absolute atomic E-state index is 14.5. The summed E-state index contributed by atoms with van der Waals surface area (Å²) in [7, 11) is 0. The van der Waals surface area contributed by atoms with Crippen LogP contribution in [0, 0.1) is 11.6 Å². The molecule has 0 radical (unpaired) electrons. The summed E-state index contributed by atoms with van der Waals surface area (Å²) in [6, 6.07) is 10.2. The van der Waals surface area contributed by atoms with E-state index in [-0.39, 0.29) is 29.3 Å². The van der Waals surface area contributed by atoms with Gasteiger partial charge in [-0.2, -0.15) is 44.7 Å². The number of H-pyrrole nitrogens is 1. The van der Waals surface area contributed by atoms with Crippen LogP contribution in [0.4, 0.5) is 70.2 Å². The van der Waals surface area contributed by atoms with Crippen LogP contribution in [0.3, 0.4) is 0 Å². The number of nitrogens with zero attached hydrogens (tertiary/aromatic N) is 3. The van der Waals surface area contributed by atoms with Crippen LogP contribution in [0.2, 0.25) is 0 Å². The highest BCUT2D eigenvalue weighted by Gasteiger charge is 2.37. The quantitative estimate of drug-likeness (QED) is 0.113. The molecule has 0 aliphatic rings. The van der Waals surface area contributed by atoms with Crippen molar-refractivity contribution >= 4 is 23.1 Å². The Hall–Kier alpha value is -5.75. The van der Waals surface area contributed by atoms with Crippen molar-refractivity contribution in [2.24, 2.45) is 0 Å². The van der Waals surface area contributed by atoms with Gasteiger partial charge in [-0.1, -0.05) is 36.4 Å². The van der Waals surface area contributed by atoms with Gasteiger partial charge in [0, 0.05) is 11.6 Å². The number of halogens is 11. The van der Waals surface area contributed by atoms with E-state index in [1.54, 1.807) is 24.3 Å². The predicted octanol–water partition coefficient (Wildman–Crippen LogP) is 9.47. The molecule has 0 aliphatic carbocycles. The molecule has 5 aromatic rings. The molecule has 0 spiro atoms. The summed E-state index contributed by atoms with van der Waals surface area (Å²) in [6.45, 7) is 0. The maximum Gasteiger partial charge on any atom is 0.416 e. The van der Waals surface area contributed by atoms with Crippen molar-refractivity contribution in [2.75, 3.05) is 16.0 Å². The first kappa shape index (κ1) is 36.5. The van der Waals surface area contributed by atoms with Crippen LogP contribution in [-0.4, -0.2) is 38.9 Å². The van der Waals surface area contributed by atoms with E-state index < -0.39 is 77.5 Å². The van der Waals surface area contributed by atoms with E-state index in [1.807, 2.05) is 5.32 Å². The van der Waals surface area contributed by atoms with Gasteiger partial charge in [0.25, 0.3) is 0 Å². The highest BCUT2D eigenvalue weighted by atomic mass is 19.4. The van der Waals surface area contributed by atoms with Crippen LogP contribution in [-0.2, 0) is 18.8 Å². The first-order valence-corrected chi connectivity index (χ1v) is 14.5. The van der Waals surface area contributed by atoms with Crippen molar-refractivity contribution in [2.45, 2.75) is 37.4 Å². The number of amides is 2. The molecule has 0 bridgehead atoms. The molecule has 0 aliphatic heterocycles. The van der Waals surface area contributed by atoms with Gasteiger partial charge in [-0.25, -0.2) is 13.6 Å². The lowest BCUT2D eigenvalue weighted by Gasteiger charge is -2.25. The Morgan fingerprint density at radius 2 is 1.43 bits per heavy atom. The van der Waals surface area contributed by atoms with Gasteiger partial charge in [0.1, 0.15) is 11.6 Å². The van der Waals surface area contributed by atoms with Crippen molar-refractivity contribution in [3.05, 3.63) is 107 Å². The molecule has 1 heterocycles. The van der Waals surface area contributed by atoms with Crippen LogP contribution >= 0.6 is 0 Å². The number of urea groups is 1. The largest absolute Gasteiger partial charge is 0.416 e. The zero-order valence-electron chi connectivity index (χ0n) is 25.4. The molecule has 8 nitrogen and oxygen atoms in total. The standard InChI is InChI=1S/C32H22F11N7O/c33-19-8-5-17(23(14-19)32(41,42)43)11-20(15-30(35,36)37)44-26-9-6-16(21-3-1-2-4-22(21)28-47-49-50-48-28)12-27(26)46-29(51)45-25-10-7-18(13-24(25)34)31(38,39)40/h1-10,12-14,20,44H,11,15H2,(H2,45,46,51)(H,47,48,49,50). The zero-order valence-corrected chi connectivity index (χ0v) is 25.4. The molecule has 19 heteroatoms. The first-order chi connectivity index (χ1) is 23.9. The Morgan fingerprint density at radius 3 is 2.06 bits per heavy atom. The third-order valence-corrected chi connectivity index (χ3v) is 7.32. The van der Waals surface area contributed by atoms with Crippen molar-refractivity contribution in [3.63, 3.8) is 0 Å². The number of carbonyl (C=O) groups is 1. The second-order valence-corrected chi connectivity index (χ2v) is 11.0. The van der Waals surface area contributed by atoms with Crippen molar-refractivity contribution in [3.8, 4) is 22.5 Å². The summed E-state index contributed by atoms with van der Waals surface area (Å²) in [5.74, 6) is -2.57. The van der Waals surface area contributed by atoms with E-state index in [4.69, 9.17) is 0 Å². The van der Waals surface area contributed by atoms with Gasteiger partial charge in [0.15, 0.2) is 0 Å². The molecule has 4 aromatic carbocycles. The molecule has 1 unspecified atom stereocenters. The summed E-state index contributed by atoms with van der Waals surface area (Å²) in [5.41, 5.74) is -3.53. The minimum absolute atomic E-state index is 0.142. The smallest absolute Gasteiger partial charge is 0.380 e. The number of rotatable bonds is 9. The number of alkyl halides is 9. The highest BCUT2D eigenvalue weighted by molar-refractivity contribution is 6.02. The normalized spacial score (nSPS) is 12.8. The number of benzene rings is 4. The first-order valence-electron chi connectivity index (χ1n) is 14.5. The summed E-state index contributed by atoms with van der Waals surface area (Å²) in [6.07, 6.45) is -17.5. The molecule has 0 saturated heterocycles. The summed E-state index contributed by atoms with van der Waals surface area (Å²) >= 11 is 0. The molecule has 0 fully saturated rings. The second-order valence-electron chi connectivity index (χ2n) is 11.0. The summed E-state index contributed by atoms with van der Waals surface area (Å²) in [5, 5.41) is 20.5. The van der Waals surface area contributed by atoms with E-state index in [9.17, 15) is 53.1 Å². The summed E-state index contributed by atoms with van der Waals surface area (Å²) in [4.78, 5) is 13.1. The molecule has 0 saturated carbocycles. The Kier molecular flexibility index (Phi) is 10.2. The number of carbonyl (C=O) groups excluding carboxylic acids is 1. The Bertz CT molecular complexity index is 2010. The Morgan fingerprint density at radius 1 is 0.745 bits per heavy atom. The molecule has 268 valence electrons. The Balaban J connectivity index is 1.54. The minimum Gasteiger partial charge on any atom is -0.380 e. The lowest BCUT2D eigenvalue weighted by atomic mass is 9.96. The van der Waals surface area contributed by atoms with E-state index in [2.05, 4.69) is 31.3 Å². The molecular weight excluding hydrogens is 707 g/mol. The third-order valence-electron chi connectivity index (χ3n) is 7.32. The van der Waals surface area contributed by atoms with E-state index in [0.717, 1.165) is 0 Å². The molecular formula is C32H22F11N7O. The maximum atomic E-state index is 14.5. The van der Waals surface area contributed by atoms with Crippen molar-refractivity contribution in [1.29, 1.82) is 0 Å². The van der Waals surface area contributed by atoms with Crippen molar-refractivity contribution in [1.82, 2.24) is 20.6 Å². The van der Waals surface area contributed by atoms with Gasteiger partial charge in [0.05, 0.1) is 34.6 Å². The average Bonchev–Trinajstić information content (AvgIpc) is 3.57. The number of tetrazole rings is 1. The van der Waals surface area contributed by atoms with Gasteiger partial charge < -0.3 is 16.0 Å². The number of hydrogen-bond donors (Lipinski definition) is 4. The Labute approximate surface area is 280 Å². The lowest BCUT2D eigenvalue weighted by Crippen LogP contribution is -2.30. The van der Waals surface area contributed by atoms with Crippen LogP contribution in [0.1, 0.15) is 23.1 Å². The van der Waals surface area contributed by atoms with Crippen LogP contribution in [0.25, 0.3) is 22.5 Å². The van der Waals surface area contributed by atoms with Crippen LogP contribution < -0.4 is 16.0 Å². The number of aromatic amines is 1. The average molecular weight is 730 g/mol. The van der Waals surface area contributed by atoms with Crippen LogP contribution in [0.5, 0.6) is 0 Å². The van der Waals surface area contributed by atoms with Gasteiger partial charge in [-0.05, 0) is 70.8 Å². The summed E-state index contributed by atoms with van der Waals surface area (Å²) < 4.78 is 150. The highest BCUT2D eigenvalue weighted by Crippen LogP contribution is 2.38. The van der Waals surface area contributed by atoms with Gasteiger partial charge in [-0.15, -0.1) is 10.2 Å². The number of nitrogens with one attached hydrogen (secondary N) is 4. The lowest BCUT2D eigenvalue weighted by molar-refractivity contribution is -0.139. The van der Waals surface area contributed by atoms with E-state index in [0.29, 0.717) is 41.0 Å². The zero-order chi connectivity index (χ0) is 37.1. The number of hydrogen-bond acceptors (Lipinski definition) is 5. The topological polar surface area (TPSA) is 108 Å². The molecule has 1 aromatic heterocycles. The molecule has 1 atom stereocenters. The predicted molar refractivity (Wildman–Crippen MR) is 162 cm³/mol. The van der Waals surface area contributed by atoms with Gasteiger partial charge in [0.2, 0.25) is 5.82 Å². The fraction of sp³-hybridized carbons (Fsp3) is 0.188. The fourth-order valence-corrected chi connectivity index (χ4v) is 5.15. The van der Waals surface area contributed by atoms with Gasteiger partial charge in [-0.3, -0.25) is 0 Å². The minimum atomic E-state index is -5.10. The molecule has 5 rings (SSSR count). The fourth-order valence-electron chi connectivity index (χ4n) is 5.15. The molecule has 4 N–H and O–H groups in total. The van der Waals surface area contributed by atoms with E-state index >= 15 is 0 Å². The number of aromatic nitrogens is 4. The third kappa shape index (κ3) is 9.28. The van der Waals surface area contributed by atoms with Crippen molar-refractivity contribution < 1.29 is 53.1 Å². The van der Waals surface area contributed by atoms with Gasteiger partial charge >= 0.3 is 24.6 Å². The van der Waals surface area contributed by atoms with E-state index in [1.165, 1.54) is 18.2 Å². The second kappa shape index (κ2) is 14.2. The number of anilines is 3. The monoisotopic (exact) mass is 729 g/mol. The SMILES string of the molecule is O=C(Nc1ccc(C(F)(F)F)cc1F)Nc1cc(-c2ccccc2-c2nn[nH]n2)ccc1NC(Cc1ccc(F)cc1C(F)(F)F)CC(F)(F)F. The molecule has 2 amide bonds. The molecule has 51 heavy (non-hydrogen) atoms.